The predicted octanol–water partition coefficient (Wildman–Crippen LogP) is 4.59. The molecule has 0 spiro atoms. The van der Waals surface area contributed by atoms with Crippen LogP contribution in [-0.4, -0.2) is 79.9 Å². The molecular weight excluding hydrogens is 787 g/mol. The molecule has 1 heterocycles. The summed E-state index contributed by atoms with van der Waals surface area (Å²) in [6.07, 6.45) is 1.41. The van der Waals surface area contributed by atoms with Gasteiger partial charge in [0.2, 0.25) is 0 Å². The molecule has 3 N–H and O–H groups in total. The third kappa shape index (κ3) is 7.32. The van der Waals surface area contributed by atoms with Crippen LogP contribution in [0.5, 0.6) is 0 Å². The summed E-state index contributed by atoms with van der Waals surface area (Å²) in [7, 11) is -4.43. The summed E-state index contributed by atoms with van der Waals surface area (Å²) in [5.74, 6) is -2.04. The van der Waals surface area contributed by atoms with Crippen molar-refractivity contribution in [3.05, 3.63) is 53.1 Å². The Balaban J connectivity index is 1.43. The number of hydrogen-bond acceptors (Lipinski definition) is 6. The van der Waals surface area contributed by atoms with E-state index in [0.29, 0.717) is 18.5 Å². The van der Waals surface area contributed by atoms with Gasteiger partial charge in [0.15, 0.2) is 15.9 Å². The summed E-state index contributed by atoms with van der Waals surface area (Å²) in [6.45, 7) is 4.43. The molecule has 4 rings (SSSR count). The van der Waals surface area contributed by atoms with Gasteiger partial charge in [-0.25, -0.2) is 8.42 Å². The number of likely N-dealkylation sites (tertiary alicyclic amines) is 1. The third-order valence-electron chi connectivity index (χ3n) is 8.34. The van der Waals surface area contributed by atoms with Crippen LogP contribution in [0, 0.1) is 0 Å². The Morgan fingerprint density at radius 2 is 1.88 bits per heavy atom. The summed E-state index contributed by atoms with van der Waals surface area (Å²) < 4.78 is 64.6. The average molecular weight is 822 g/mol. The smallest absolute Gasteiger partial charge is 0.389 e. The van der Waals surface area contributed by atoms with Crippen LogP contribution in [0.2, 0.25) is 0 Å². The zero-order valence-electron chi connectivity index (χ0n) is 22.6. The number of aliphatic hydroxyl groups is 2. The summed E-state index contributed by atoms with van der Waals surface area (Å²) >= 11 is 5.05. The Bertz CT molecular complexity index is 1300. The van der Waals surface area contributed by atoms with Gasteiger partial charge in [0.1, 0.15) is 6.10 Å². The van der Waals surface area contributed by atoms with E-state index in [2.05, 4.69) is 74.5 Å². The van der Waals surface area contributed by atoms with Gasteiger partial charge in [-0.3, -0.25) is 9.69 Å². The molecule has 2 aliphatic carbocycles. The Morgan fingerprint density at radius 3 is 2.54 bits per heavy atom. The van der Waals surface area contributed by atoms with Gasteiger partial charge >= 0.3 is 6.18 Å². The van der Waals surface area contributed by atoms with Crippen molar-refractivity contribution in [3.8, 4) is 0 Å². The highest BCUT2D eigenvalue weighted by Crippen LogP contribution is 2.48. The van der Waals surface area contributed by atoms with Crippen molar-refractivity contribution in [2.45, 2.75) is 88.2 Å². The molecule has 1 aliphatic heterocycles. The van der Waals surface area contributed by atoms with Gasteiger partial charge in [0, 0.05) is 6.04 Å². The lowest BCUT2D eigenvalue weighted by molar-refractivity contribution is -0.137. The van der Waals surface area contributed by atoms with E-state index in [1.807, 2.05) is 0 Å². The molecule has 6 atom stereocenters. The summed E-state index contributed by atoms with van der Waals surface area (Å²) in [5.41, 5.74) is 1.06. The number of piperidine rings is 1. The van der Waals surface area contributed by atoms with Gasteiger partial charge in [-0.05, 0) is 75.9 Å². The molecule has 0 saturated carbocycles. The van der Waals surface area contributed by atoms with Crippen molar-refractivity contribution in [3.63, 3.8) is 0 Å². The molecule has 228 valence electrons. The first-order valence-electron chi connectivity index (χ1n) is 13.7. The standard InChI is InChI=1S/C28H35F3I2N2O5S/c1-17(35-13-3-2-4-14-35)27(33)12-11-20-21(25(27)32)9-6-10-22(20)34-26(38)24(37)23(36)16-41(39,40)19-8-5-7-18(15-19)28(29,30)31/h5,7-8,11-12,15,17,22-25,36-37H,2-4,6,9-10,13-14,16H2,1H3,(H,34,38)/t17-,22?,23+,24+,25?,27?/m1/s1. The summed E-state index contributed by atoms with van der Waals surface area (Å²) in [4.78, 5) is 14.8. The minimum absolute atomic E-state index is 0.131. The van der Waals surface area contributed by atoms with E-state index in [1.54, 1.807) is 0 Å². The van der Waals surface area contributed by atoms with Crippen LogP contribution in [-0.2, 0) is 20.8 Å². The highest BCUT2D eigenvalue weighted by atomic mass is 127. The van der Waals surface area contributed by atoms with E-state index < -0.39 is 56.4 Å². The molecule has 0 aromatic heterocycles. The maximum Gasteiger partial charge on any atom is 0.416 e. The lowest BCUT2D eigenvalue weighted by atomic mass is 9.77. The van der Waals surface area contributed by atoms with Crippen LogP contribution < -0.4 is 5.32 Å². The Kier molecular flexibility index (Phi) is 10.6. The van der Waals surface area contributed by atoms with Crippen molar-refractivity contribution >= 4 is 60.9 Å². The van der Waals surface area contributed by atoms with Gasteiger partial charge in [0.05, 0.1) is 29.6 Å². The van der Waals surface area contributed by atoms with E-state index in [0.717, 1.165) is 49.7 Å². The molecule has 3 aliphatic rings. The van der Waals surface area contributed by atoms with E-state index in [4.69, 9.17) is 0 Å². The van der Waals surface area contributed by atoms with Crippen molar-refractivity contribution in [1.82, 2.24) is 10.2 Å². The SMILES string of the molecule is C[C@@H](N1CCCCC1)C1(I)C=CC2=C(CCCC2NC(=O)[C@@H](O)[C@@H](O)CS(=O)(=O)c2cccc(C(F)(F)F)c2)C1I. The maximum absolute atomic E-state index is 13.0. The lowest BCUT2D eigenvalue weighted by Crippen LogP contribution is -2.55. The second-order valence-electron chi connectivity index (χ2n) is 11.0. The number of amides is 1. The van der Waals surface area contributed by atoms with Crippen LogP contribution in [0.3, 0.4) is 0 Å². The highest BCUT2D eigenvalue weighted by molar-refractivity contribution is 14.1. The van der Waals surface area contributed by atoms with Crippen LogP contribution in [0.15, 0.2) is 52.5 Å². The molecule has 3 unspecified atom stereocenters. The molecule has 7 nitrogen and oxygen atoms in total. The average Bonchev–Trinajstić information content (AvgIpc) is 2.94. The minimum Gasteiger partial charge on any atom is -0.389 e. The number of alkyl halides is 5. The Labute approximate surface area is 266 Å². The first kappa shape index (κ1) is 33.1. The Morgan fingerprint density at radius 1 is 1.20 bits per heavy atom. The van der Waals surface area contributed by atoms with Crippen molar-refractivity contribution in [1.29, 1.82) is 0 Å². The van der Waals surface area contributed by atoms with Crippen molar-refractivity contribution in [2.24, 2.45) is 0 Å². The number of aliphatic hydroxyl groups excluding tert-OH is 2. The van der Waals surface area contributed by atoms with Crippen molar-refractivity contribution < 1.29 is 36.6 Å². The second kappa shape index (κ2) is 13.1. The number of carbonyl (C=O) groups is 1. The normalized spacial score (nSPS) is 28.1. The molecule has 41 heavy (non-hydrogen) atoms. The Hall–Kier alpha value is -0.750. The fraction of sp³-hybridized carbons (Fsp3) is 0.607. The summed E-state index contributed by atoms with van der Waals surface area (Å²) in [5, 5.41) is 23.7. The van der Waals surface area contributed by atoms with Crippen LogP contribution in [0.1, 0.15) is 51.0 Å². The fourth-order valence-corrected chi connectivity index (χ4v) is 9.65. The monoisotopic (exact) mass is 822 g/mol. The topological polar surface area (TPSA) is 107 Å². The molecular formula is C28H35F3I2N2O5S. The van der Waals surface area contributed by atoms with Crippen LogP contribution in [0.25, 0.3) is 0 Å². The second-order valence-corrected chi connectivity index (χ2v) is 16.2. The van der Waals surface area contributed by atoms with Gasteiger partial charge in [-0.1, -0.05) is 75.4 Å². The predicted molar refractivity (Wildman–Crippen MR) is 167 cm³/mol. The van der Waals surface area contributed by atoms with E-state index >= 15 is 0 Å². The largest absolute Gasteiger partial charge is 0.416 e. The zero-order chi connectivity index (χ0) is 30.2. The van der Waals surface area contributed by atoms with Gasteiger partial charge in [-0.15, -0.1) is 0 Å². The van der Waals surface area contributed by atoms with E-state index in [-0.39, 0.29) is 7.35 Å². The van der Waals surface area contributed by atoms with Crippen LogP contribution in [0.4, 0.5) is 13.2 Å². The highest BCUT2D eigenvalue weighted by Gasteiger charge is 2.46. The number of benzene rings is 1. The third-order valence-corrected chi connectivity index (χ3v) is 14.9. The molecule has 1 saturated heterocycles. The molecule has 13 heteroatoms. The molecule has 1 fully saturated rings. The number of rotatable bonds is 8. The number of sulfone groups is 1. The van der Waals surface area contributed by atoms with Gasteiger partial charge in [-0.2, -0.15) is 13.2 Å². The van der Waals surface area contributed by atoms with Crippen molar-refractivity contribution in [2.75, 3.05) is 18.8 Å². The number of nitrogens with one attached hydrogen (secondary N) is 1. The van der Waals surface area contributed by atoms with Crippen LogP contribution >= 0.6 is 45.2 Å². The molecule has 0 bridgehead atoms. The zero-order valence-corrected chi connectivity index (χ0v) is 27.7. The first-order valence-corrected chi connectivity index (χ1v) is 17.7. The van der Waals surface area contributed by atoms with E-state index in [1.165, 1.54) is 24.8 Å². The number of halogens is 5. The fourth-order valence-electron chi connectivity index (χ4n) is 5.88. The molecule has 0 radical (unpaired) electrons. The van der Waals surface area contributed by atoms with Gasteiger partial charge in [0.25, 0.3) is 5.91 Å². The van der Waals surface area contributed by atoms with E-state index in [9.17, 15) is 36.6 Å². The number of allylic oxidation sites excluding steroid dienone is 1. The number of hydrogen-bond donors (Lipinski definition) is 3. The lowest BCUT2D eigenvalue weighted by Gasteiger charge is -2.47. The first-order chi connectivity index (χ1) is 19.1. The maximum atomic E-state index is 13.0. The molecule has 1 aromatic rings. The van der Waals surface area contributed by atoms with Gasteiger partial charge < -0.3 is 15.5 Å². The quantitative estimate of drug-likeness (QED) is 0.262. The number of nitrogens with zero attached hydrogens (tertiary/aromatic N) is 1. The molecule has 1 amide bonds. The number of carbonyl (C=O) groups excluding carboxylic acids is 1. The minimum atomic E-state index is -4.75. The molecule has 1 aromatic carbocycles. The summed E-state index contributed by atoms with van der Waals surface area (Å²) in [6, 6.07) is 3.06.